The van der Waals surface area contributed by atoms with E-state index in [0.717, 1.165) is 22.1 Å². The molecule has 1 saturated carbocycles. The van der Waals surface area contributed by atoms with Gasteiger partial charge in [0, 0.05) is 16.0 Å². The molecule has 0 radical (unpaired) electrons. The third kappa shape index (κ3) is 3.13. The molecule has 126 valence electrons. The van der Waals surface area contributed by atoms with E-state index in [4.69, 9.17) is 11.6 Å². The number of rotatable bonds is 3. The molecule has 2 aromatic carbocycles. The fourth-order valence-corrected chi connectivity index (χ4v) is 4.39. The van der Waals surface area contributed by atoms with Crippen LogP contribution >= 0.6 is 22.9 Å². The van der Waals surface area contributed by atoms with Crippen molar-refractivity contribution in [1.29, 1.82) is 0 Å². The number of hydrogen-bond donors (Lipinski definition) is 2. The normalized spacial score (nSPS) is 18.8. The third-order valence-electron chi connectivity index (χ3n) is 4.40. The van der Waals surface area contributed by atoms with Gasteiger partial charge >= 0.3 is 0 Å². The van der Waals surface area contributed by atoms with Gasteiger partial charge in [-0.15, -0.1) is 11.3 Å². The molecule has 4 rings (SSSR count). The molecule has 0 spiro atoms. The minimum absolute atomic E-state index is 0.0967. The van der Waals surface area contributed by atoms with Crippen LogP contribution in [0.2, 0.25) is 5.02 Å². The summed E-state index contributed by atoms with van der Waals surface area (Å²) in [4.78, 5) is 25.0. The molecule has 1 aliphatic rings. The number of halogens is 1. The van der Waals surface area contributed by atoms with E-state index in [-0.39, 0.29) is 17.7 Å². The zero-order chi connectivity index (χ0) is 17.4. The Morgan fingerprint density at radius 2 is 1.72 bits per heavy atom. The van der Waals surface area contributed by atoms with E-state index in [9.17, 15) is 9.59 Å². The molecule has 3 aromatic rings. The number of thiophene rings is 1. The number of amides is 2. The lowest BCUT2D eigenvalue weighted by molar-refractivity contribution is -0.123. The molecular weight excluding hydrogens is 356 g/mol. The number of hydrazine groups is 1. The second-order valence-corrected chi connectivity index (χ2v) is 7.47. The summed E-state index contributed by atoms with van der Waals surface area (Å²) in [6.07, 6.45) is 0.801. The van der Waals surface area contributed by atoms with Gasteiger partial charge < -0.3 is 0 Å². The first-order chi connectivity index (χ1) is 12.1. The second-order valence-electron chi connectivity index (χ2n) is 6.04. The van der Waals surface area contributed by atoms with Crippen LogP contribution in [0.5, 0.6) is 0 Å². The van der Waals surface area contributed by atoms with E-state index in [1.807, 2.05) is 54.6 Å². The van der Waals surface area contributed by atoms with Crippen LogP contribution < -0.4 is 10.9 Å². The Balaban J connectivity index is 1.39. The highest BCUT2D eigenvalue weighted by Crippen LogP contribution is 2.47. The van der Waals surface area contributed by atoms with Gasteiger partial charge in [0.15, 0.2) is 0 Å². The van der Waals surface area contributed by atoms with Crippen molar-refractivity contribution in [3.05, 3.63) is 70.1 Å². The predicted octanol–water partition coefficient (Wildman–Crippen LogP) is 4.12. The first-order valence-corrected chi connectivity index (χ1v) is 9.17. The Labute approximate surface area is 153 Å². The van der Waals surface area contributed by atoms with Crippen LogP contribution in [0.1, 0.15) is 27.6 Å². The molecule has 2 atom stereocenters. The summed E-state index contributed by atoms with van der Waals surface area (Å²) in [7, 11) is 0. The largest absolute Gasteiger partial charge is 0.281 e. The van der Waals surface area contributed by atoms with Crippen LogP contribution in [0, 0.1) is 5.92 Å². The summed E-state index contributed by atoms with van der Waals surface area (Å²) in [5.41, 5.74) is 6.16. The van der Waals surface area contributed by atoms with Crippen molar-refractivity contribution in [3.8, 4) is 0 Å². The molecule has 25 heavy (non-hydrogen) atoms. The minimum atomic E-state index is -0.392. The summed E-state index contributed by atoms with van der Waals surface area (Å²) < 4.78 is 0.940. The van der Waals surface area contributed by atoms with Crippen molar-refractivity contribution in [1.82, 2.24) is 10.9 Å². The van der Waals surface area contributed by atoms with E-state index in [1.54, 1.807) is 0 Å². The Morgan fingerprint density at radius 1 is 1.00 bits per heavy atom. The molecule has 2 amide bonds. The summed E-state index contributed by atoms with van der Waals surface area (Å²) in [6.45, 7) is 0. The molecular formula is C19H15ClN2O2S. The Bertz CT molecular complexity index is 954. The lowest BCUT2D eigenvalue weighted by Crippen LogP contribution is -2.42. The van der Waals surface area contributed by atoms with Crippen LogP contribution in [-0.4, -0.2) is 11.8 Å². The van der Waals surface area contributed by atoms with Crippen molar-refractivity contribution >= 4 is 44.8 Å². The quantitative estimate of drug-likeness (QED) is 0.681. The minimum Gasteiger partial charge on any atom is -0.273 e. The van der Waals surface area contributed by atoms with Crippen LogP contribution in [-0.2, 0) is 4.79 Å². The zero-order valence-corrected chi connectivity index (χ0v) is 14.7. The number of carbonyl (C=O) groups is 2. The van der Waals surface area contributed by atoms with Crippen molar-refractivity contribution < 1.29 is 9.59 Å². The van der Waals surface area contributed by atoms with E-state index >= 15 is 0 Å². The fraction of sp³-hybridized carbons (Fsp3) is 0.158. The van der Waals surface area contributed by atoms with Gasteiger partial charge in [-0.3, -0.25) is 20.4 Å². The molecule has 0 saturated heterocycles. The predicted molar refractivity (Wildman–Crippen MR) is 99.7 cm³/mol. The molecule has 2 N–H and O–H groups in total. The van der Waals surface area contributed by atoms with Crippen LogP contribution in [0.3, 0.4) is 0 Å². The highest BCUT2D eigenvalue weighted by Gasteiger charge is 2.44. The van der Waals surface area contributed by atoms with Crippen molar-refractivity contribution in [3.63, 3.8) is 0 Å². The fourth-order valence-electron chi connectivity index (χ4n) is 2.98. The van der Waals surface area contributed by atoms with Gasteiger partial charge in [-0.2, -0.15) is 0 Å². The maximum absolute atomic E-state index is 12.3. The van der Waals surface area contributed by atoms with Crippen molar-refractivity contribution in [2.24, 2.45) is 5.92 Å². The Hall–Kier alpha value is -2.37. The first kappa shape index (κ1) is 16.1. The average molecular weight is 371 g/mol. The van der Waals surface area contributed by atoms with Gasteiger partial charge in [0.25, 0.3) is 5.91 Å². The molecule has 1 aliphatic carbocycles. The van der Waals surface area contributed by atoms with Crippen molar-refractivity contribution in [2.75, 3.05) is 0 Å². The number of nitrogens with one attached hydrogen (secondary N) is 2. The molecule has 0 bridgehead atoms. The summed E-state index contributed by atoms with van der Waals surface area (Å²) >= 11 is 7.59. The van der Waals surface area contributed by atoms with E-state index in [1.165, 1.54) is 11.3 Å². The summed E-state index contributed by atoms with van der Waals surface area (Å²) in [5.74, 6) is -0.428. The first-order valence-electron chi connectivity index (χ1n) is 7.97. The van der Waals surface area contributed by atoms with Crippen molar-refractivity contribution in [2.45, 2.75) is 12.3 Å². The second kappa shape index (κ2) is 6.50. The van der Waals surface area contributed by atoms with Gasteiger partial charge in [-0.25, -0.2) is 0 Å². The summed E-state index contributed by atoms with van der Waals surface area (Å²) in [6, 6.07) is 17.5. The van der Waals surface area contributed by atoms with E-state index < -0.39 is 5.91 Å². The molecule has 0 unspecified atom stereocenters. The average Bonchev–Trinajstić information content (AvgIpc) is 3.39. The van der Waals surface area contributed by atoms with Gasteiger partial charge in [-0.05, 0) is 24.0 Å². The zero-order valence-electron chi connectivity index (χ0n) is 13.2. The molecule has 0 aliphatic heterocycles. The standard InChI is InChI=1S/C19H15ClN2O2S/c20-16-12-8-4-5-9-15(12)25-17(16)19(24)22-21-18(23)14-10-13(14)11-6-2-1-3-7-11/h1-9,13-14H,10H2,(H,21,23)(H,22,24)/t13-,14-/m0/s1. The number of carbonyl (C=O) groups excluding carboxylic acids is 2. The lowest BCUT2D eigenvalue weighted by Gasteiger charge is -2.06. The third-order valence-corrected chi connectivity index (χ3v) is 6.07. The number of hydrogen-bond acceptors (Lipinski definition) is 3. The van der Waals surface area contributed by atoms with Crippen LogP contribution in [0.25, 0.3) is 10.1 Å². The maximum atomic E-state index is 12.3. The molecule has 1 fully saturated rings. The molecule has 6 heteroatoms. The number of benzene rings is 2. The molecule has 1 aromatic heterocycles. The van der Waals surface area contributed by atoms with E-state index in [0.29, 0.717) is 9.90 Å². The Morgan fingerprint density at radius 3 is 2.48 bits per heavy atom. The number of fused-ring (bicyclic) bond motifs is 1. The SMILES string of the molecule is O=C(NNC(=O)[C@H]1C[C@H]1c1ccccc1)c1sc2ccccc2c1Cl. The monoisotopic (exact) mass is 370 g/mol. The molecule has 4 nitrogen and oxygen atoms in total. The van der Waals surface area contributed by atoms with Gasteiger partial charge in [0.2, 0.25) is 5.91 Å². The van der Waals surface area contributed by atoms with Gasteiger partial charge in [0.1, 0.15) is 4.88 Å². The molecule has 1 heterocycles. The highest BCUT2D eigenvalue weighted by atomic mass is 35.5. The summed E-state index contributed by atoms with van der Waals surface area (Å²) in [5, 5.41) is 1.26. The van der Waals surface area contributed by atoms with Crippen LogP contribution in [0.4, 0.5) is 0 Å². The maximum Gasteiger partial charge on any atom is 0.281 e. The van der Waals surface area contributed by atoms with Crippen LogP contribution in [0.15, 0.2) is 54.6 Å². The smallest absolute Gasteiger partial charge is 0.273 e. The Kier molecular flexibility index (Phi) is 4.19. The van der Waals surface area contributed by atoms with Gasteiger partial charge in [0.05, 0.1) is 5.02 Å². The van der Waals surface area contributed by atoms with Gasteiger partial charge in [-0.1, -0.05) is 60.1 Å². The lowest BCUT2D eigenvalue weighted by atomic mass is 10.1. The topological polar surface area (TPSA) is 58.2 Å². The highest BCUT2D eigenvalue weighted by molar-refractivity contribution is 7.21. The van der Waals surface area contributed by atoms with E-state index in [2.05, 4.69) is 10.9 Å².